The van der Waals surface area contributed by atoms with Gasteiger partial charge in [-0.05, 0) is 40.5 Å². The van der Waals surface area contributed by atoms with E-state index in [4.69, 9.17) is 9.47 Å². The Labute approximate surface area is 143 Å². The SMILES string of the molecule is CN=C(NCCCCOCCOC)NCCN(C(C)C)C(C)C. The number of nitrogens with zero attached hydrogens (tertiary/aromatic N) is 2. The van der Waals surface area contributed by atoms with Crippen LogP contribution in [0.25, 0.3) is 0 Å². The van der Waals surface area contributed by atoms with Crippen molar-refractivity contribution in [2.75, 3.05) is 53.6 Å². The molecular formula is C17H38N4O2. The summed E-state index contributed by atoms with van der Waals surface area (Å²) in [6.07, 6.45) is 2.11. The summed E-state index contributed by atoms with van der Waals surface area (Å²) >= 11 is 0. The lowest BCUT2D eigenvalue weighted by Gasteiger charge is -2.30. The number of hydrogen-bond acceptors (Lipinski definition) is 4. The molecule has 6 nitrogen and oxygen atoms in total. The number of rotatable bonds is 13. The molecule has 0 aromatic rings. The molecule has 6 heteroatoms. The van der Waals surface area contributed by atoms with Crippen LogP contribution in [0.3, 0.4) is 0 Å². The number of ether oxygens (including phenoxy) is 2. The van der Waals surface area contributed by atoms with E-state index in [0.717, 1.165) is 45.0 Å². The molecule has 0 rings (SSSR count). The van der Waals surface area contributed by atoms with E-state index in [2.05, 4.69) is 48.2 Å². The summed E-state index contributed by atoms with van der Waals surface area (Å²) in [5, 5.41) is 6.72. The van der Waals surface area contributed by atoms with Crippen molar-refractivity contribution in [1.82, 2.24) is 15.5 Å². The van der Waals surface area contributed by atoms with Gasteiger partial charge < -0.3 is 20.1 Å². The first-order valence-electron chi connectivity index (χ1n) is 8.79. The first-order valence-corrected chi connectivity index (χ1v) is 8.79. The summed E-state index contributed by atoms with van der Waals surface area (Å²) in [5.41, 5.74) is 0. The third-order valence-electron chi connectivity index (χ3n) is 3.65. The fraction of sp³-hybridized carbons (Fsp3) is 0.941. The molecular weight excluding hydrogens is 292 g/mol. The highest BCUT2D eigenvalue weighted by atomic mass is 16.5. The Balaban J connectivity index is 3.71. The van der Waals surface area contributed by atoms with Crippen molar-refractivity contribution in [3.8, 4) is 0 Å². The Morgan fingerprint density at radius 2 is 1.61 bits per heavy atom. The van der Waals surface area contributed by atoms with Crippen LogP contribution in [-0.4, -0.2) is 76.6 Å². The van der Waals surface area contributed by atoms with E-state index < -0.39 is 0 Å². The monoisotopic (exact) mass is 330 g/mol. The lowest BCUT2D eigenvalue weighted by atomic mass is 10.2. The van der Waals surface area contributed by atoms with Crippen molar-refractivity contribution in [2.24, 2.45) is 4.99 Å². The van der Waals surface area contributed by atoms with Gasteiger partial charge in [-0.3, -0.25) is 9.89 Å². The van der Waals surface area contributed by atoms with E-state index >= 15 is 0 Å². The Hall–Kier alpha value is -0.850. The smallest absolute Gasteiger partial charge is 0.191 e. The molecule has 0 aliphatic carbocycles. The van der Waals surface area contributed by atoms with Crippen LogP contribution in [-0.2, 0) is 9.47 Å². The lowest BCUT2D eigenvalue weighted by Crippen LogP contribution is -2.45. The third-order valence-corrected chi connectivity index (χ3v) is 3.65. The minimum absolute atomic E-state index is 0.560. The maximum Gasteiger partial charge on any atom is 0.191 e. The molecule has 0 saturated carbocycles. The summed E-state index contributed by atoms with van der Waals surface area (Å²) in [6, 6.07) is 1.12. The fourth-order valence-corrected chi connectivity index (χ4v) is 2.42. The topological polar surface area (TPSA) is 58.1 Å². The second kappa shape index (κ2) is 14.7. The van der Waals surface area contributed by atoms with Crippen LogP contribution >= 0.6 is 0 Å². The van der Waals surface area contributed by atoms with Gasteiger partial charge in [-0.15, -0.1) is 0 Å². The average Bonchev–Trinajstić information content (AvgIpc) is 2.51. The molecule has 0 heterocycles. The van der Waals surface area contributed by atoms with Gasteiger partial charge in [-0.1, -0.05) is 0 Å². The number of methoxy groups -OCH3 is 1. The number of unbranched alkanes of at least 4 members (excludes halogenated alkanes) is 1. The third kappa shape index (κ3) is 12.3. The van der Waals surface area contributed by atoms with Gasteiger partial charge in [-0.2, -0.15) is 0 Å². The number of aliphatic imine (C=N–C) groups is 1. The van der Waals surface area contributed by atoms with Crippen molar-refractivity contribution in [1.29, 1.82) is 0 Å². The highest BCUT2D eigenvalue weighted by molar-refractivity contribution is 5.79. The van der Waals surface area contributed by atoms with Crippen LogP contribution in [0.1, 0.15) is 40.5 Å². The molecule has 0 amide bonds. The summed E-state index contributed by atoms with van der Waals surface area (Å²) < 4.78 is 10.4. The average molecular weight is 331 g/mol. The molecule has 0 unspecified atom stereocenters. The zero-order valence-electron chi connectivity index (χ0n) is 16.0. The summed E-state index contributed by atoms with van der Waals surface area (Å²) in [4.78, 5) is 6.73. The standard InChI is InChI=1S/C17H38N4O2/c1-15(2)21(16(3)4)11-10-20-17(18-5)19-9-7-8-12-23-14-13-22-6/h15-16H,7-14H2,1-6H3,(H2,18,19,20). The minimum atomic E-state index is 0.560. The molecule has 0 fully saturated rings. The van der Waals surface area contributed by atoms with Gasteiger partial charge in [0.05, 0.1) is 13.2 Å². The van der Waals surface area contributed by atoms with Gasteiger partial charge in [0.1, 0.15) is 0 Å². The molecule has 0 aliphatic heterocycles. The first kappa shape index (κ1) is 22.1. The zero-order chi connectivity index (χ0) is 17.5. The van der Waals surface area contributed by atoms with Crippen molar-refractivity contribution in [2.45, 2.75) is 52.6 Å². The molecule has 0 spiro atoms. The van der Waals surface area contributed by atoms with Crippen LogP contribution in [0.15, 0.2) is 4.99 Å². The van der Waals surface area contributed by atoms with Crippen LogP contribution in [0.2, 0.25) is 0 Å². The first-order chi connectivity index (χ1) is 11.0. The van der Waals surface area contributed by atoms with Crippen molar-refractivity contribution >= 4 is 5.96 Å². The Kier molecular flexibility index (Phi) is 14.2. The zero-order valence-corrected chi connectivity index (χ0v) is 16.0. The maximum atomic E-state index is 5.44. The number of hydrogen-bond donors (Lipinski definition) is 2. The van der Waals surface area contributed by atoms with Crippen LogP contribution < -0.4 is 10.6 Å². The largest absolute Gasteiger partial charge is 0.382 e. The second-order valence-electron chi connectivity index (χ2n) is 6.16. The predicted molar refractivity (Wildman–Crippen MR) is 98.3 cm³/mol. The highest BCUT2D eigenvalue weighted by Crippen LogP contribution is 2.03. The van der Waals surface area contributed by atoms with Gasteiger partial charge in [0, 0.05) is 52.5 Å². The van der Waals surface area contributed by atoms with Gasteiger partial charge >= 0.3 is 0 Å². The molecule has 0 aromatic heterocycles. The van der Waals surface area contributed by atoms with Gasteiger partial charge in [0.2, 0.25) is 0 Å². The molecule has 0 radical (unpaired) electrons. The molecule has 0 aliphatic rings. The van der Waals surface area contributed by atoms with Crippen LogP contribution in [0, 0.1) is 0 Å². The van der Waals surface area contributed by atoms with Crippen LogP contribution in [0.4, 0.5) is 0 Å². The van der Waals surface area contributed by atoms with Crippen LogP contribution in [0.5, 0.6) is 0 Å². The van der Waals surface area contributed by atoms with Crippen molar-refractivity contribution in [3.63, 3.8) is 0 Å². The number of guanidine groups is 1. The van der Waals surface area contributed by atoms with E-state index in [1.165, 1.54) is 0 Å². The summed E-state index contributed by atoms with van der Waals surface area (Å²) in [7, 11) is 3.50. The molecule has 23 heavy (non-hydrogen) atoms. The van der Waals surface area contributed by atoms with E-state index in [1.807, 2.05) is 7.05 Å². The van der Waals surface area contributed by atoms with E-state index in [-0.39, 0.29) is 0 Å². The summed E-state index contributed by atoms with van der Waals surface area (Å²) in [5.74, 6) is 0.873. The van der Waals surface area contributed by atoms with E-state index in [0.29, 0.717) is 25.3 Å². The molecule has 0 saturated heterocycles. The van der Waals surface area contributed by atoms with Gasteiger partial charge in [-0.25, -0.2) is 0 Å². The minimum Gasteiger partial charge on any atom is -0.382 e. The predicted octanol–water partition coefficient (Wildman–Crippen LogP) is 1.71. The van der Waals surface area contributed by atoms with Crippen molar-refractivity contribution in [3.05, 3.63) is 0 Å². The van der Waals surface area contributed by atoms with Crippen molar-refractivity contribution < 1.29 is 9.47 Å². The molecule has 0 bridgehead atoms. The molecule has 0 aromatic carbocycles. The van der Waals surface area contributed by atoms with Gasteiger partial charge in [0.15, 0.2) is 5.96 Å². The highest BCUT2D eigenvalue weighted by Gasteiger charge is 2.12. The Morgan fingerprint density at radius 1 is 0.957 bits per heavy atom. The normalized spacial score (nSPS) is 12.5. The molecule has 2 N–H and O–H groups in total. The van der Waals surface area contributed by atoms with E-state index in [9.17, 15) is 0 Å². The summed E-state index contributed by atoms with van der Waals surface area (Å²) in [6.45, 7) is 13.9. The number of nitrogens with one attached hydrogen (secondary N) is 2. The molecule has 138 valence electrons. The van der Waals surface area contributed by atoms with Gasteiger partial charge in [0.25, 0.3) is 0 Å². The fourth-order valence-electron chi connectivity index (χ4n) is 2.42. The quantitative estimate of drug-likeness (QED) is 0.306. The maximum absolute atomic E-state index is 5.44. The Bertz CT molecular complexity index is 288. The molecule has 0 atom stereocenters. The second-order valence-corrected chi connectivity index (χ2v) is 6.16. The van der Waals surface area contributed by atoms with E-state index in [1.54, 1.807) is 7.11 Å². The Morgan fingerprint density at radius 3 is 2.17 bits per heavy atom. The lowest BCUT2D eigenvalue weighted by molar-refractivity contribution is 0.0689.